The van der Waals surface area contributed by atoms with Gasteiger partial charge < -0.3 is 4.74 Å². The molecule has 0 aromatic heterocycles. The van der Waals surface area contributed by atoms with Gasteiger partial charge in [0.1, 0.15) is 0 Å². The molecule has 0 saturated carbocycles. The lowest BCUT2D eigenvalue weighted by molar-refractivity contribution is -0.150. The molecule has 0 spiro atoms. The van der Waals surface area contributed by atoms with Crippen molar-refractivity contribution >= 4 is 5.97 Å². The molecule has 0 aromatic rings. The summed E-state index contributed by atoms with van der Waals surface area (Å²) in [6.45, 7) is 0.614. The van der Waals surface area contributed by atoms with Crippen LogP contribution in [0.3, 0.4) is 0 Å². The Hall–Kier alpha value is -1.05. The molecule has 0 amide bonds. The molecule has 0 radical (unpaired) electrons. The predicted molar refractivity (Wildman–Crippen MR) is 63.9 cm³/mol. The van der Waals surface area contributed by atoms with Crippen molar-refractivity contribution in [1.82, 2.24) is 0 Å². The monoisotopic (exact) mass is 220 g/mol. The van der Waals surface area contributed by atoms with Crippen molar-refractivity contribution in [3.63, 3.8) is 0 Å². The first kappa shape index (κ1) is 11.4. The van der Waals surface area contributed by atoms with Gasteiger partial charge in [0.15, 0.2) is 0 Å². The lowest BCUT2D eigenvalue weighted by atomic mass is 9.94. The van der Waals surface area contributed by atoms with E-state index in [2.05, 4.69) is 24.3 Å². The van der Waals surface area contributed by atoms with Gasteiger partial charge in [0.05, 0.1) is 12.5 Å². The van der Waals surface area contributed by atoms with Gasteiger partial charge in [0, 0.05) is 0 Å². The summed E-state index contributed by atoms with van der Waals surface area (Å²) >= 11 is 0. The molecule has 0 bridgehead atoms. The Kier molecular flexibility index (Phi) is 4.20. The van der Waals surface area contributed by atoms with E-state index in [4.69, 9.17) is 4.74 Å². The Balaban J connectivity index is 1.70. The van der Waals surface area contributed by atoms with Gasteiger partial charge in [0.25, 0.3) is 0 Å². The summed E-state index contributed by atoms with van der Waals surface area (Å²) in [6, 6.07) is 0. The highest BCUT2D eigenvalue weighted by atomic mass is 16.5. The van der Waals surface area contributed by atoms with Crippen LogP contribution in [0.5, 0.6) is 0 Å². The van der Waals surface area contributed by atoms with E-state index in [1.165, 1.54) is 0 Å². The summed E-state index contributed by atoms with van der Waals surface area (Å²) < 4.78 is 5.41. The minimum atomic E-state index is 0.0129. The lowest BCUT2D eigenvalue weighted by Gasteiger charge is -2.20. The maximum Gasteiger partial charge on any atom is 0.309 e. The van der Waals surface area contributed by atoms with Crippen LogP contribution in [0.15, 0.2) is 24.3 Å². The Labute approximate surface area is 97.4 Å². The van der Waals surface area contributed by atoms with Gasteiger partial charge in [-0.25, -0.2) is 0 Å². The molecule has 16 heavy (non-hydrogen) atoms. The van der Waals surface area contributed by atoms with E-state index in [9.17, 15) is 4.79 Å². The number of rotatable bonds is 3. The second-order valence-corrected chi connectivity index (χ2v) is 4.76. The Morgan fingerprint density at radius 3 is 2.44 bits per heavy atom. The van der Waals surface area contributed by atoms with Crippen LogP contribution in [0, 0.1) is 11.8 Å². The van der Waals surface area contributed by atoms with Crippen LogP contribution in [-0.4, -0.2) is 12.6 Å². The summed E-state index contributed by atoms with van der Waals surface area (Å²) in [4.78, 5) is 11.8. The van der Waals surface area contributed by atoms with Crippen LogP contribution in [0.4, 0.5) is 0 Å². The Morgan fingerprint density at radius 2 is 1.81 bits per heavy atom. The highest BCUT2D eigenvalue weighted by molar-refractivity contribution is 5.72. The maximum atomic E-state index is 11.8. The predicted octanol–water partition coefficient (Wildman–Crippen LogP) is 3.24. The van der Waals surface area contributed by atoms with Gasteiger partial charge in [-0.1, -0.05) is 24.3 Å². The molecular formula is C14H20O2. The zero-order valence-electron chi connectivity index (χ0n) is 9.73. The molecule has 88 valence electrons. The van der Waals surface area contributed by atoms with E-state index in [0.29, 0.717) is 12.5 Å². The summed E-state index contributed by atoms with van der Waals surface area (Å²) in [6.07, 6.45) is 14.9. The van der Waals surface area contributed by atoms with Crippen LogP contribution in [0.2, 0.25) is 0 Å². The minimum absolute atomic E-state index is 0.0129. The number of esters is 1. The molecule has 2 heteroatoms. The van der Waals surface area contributed by atoms with Gasteiger partial charge in [-0.3, -0.25) is 4.79 Å². The number of carbonyl (C=O) groups is 1. The molecule has 2 atom stereocenters. The van der Waals surface area contributed by atoms with Gasteiger partial charge >= 0.3 is 5.97 Å². The topological polar surface area (TPSA) is 26.3 Å². The van der Waals surface area contributed by atoms with Crippen LogP contribution >= 0.6 is 0 Å². The standard InChI is InChI=1S/C14H20O2/c15-14(13-9-5-2-6-10-13)16-11-12-7-3-1-4-8-12/h1-3,5,12-13H,4,6-11H2/t12-,13+/m1/s1. The first-order valence-electron chi connectivity index (χ1n) is 6.33. The largest absolute Gasteiger partial charge is 0.465 e. The summed E-state index contributed by atoms with van der Waals surface area (Å²) in [5.41, 5.74) is 0. The zero-order valence-corrected chi connectivity index (χ0v) is 9.73. The van der Waals surface area contributed by atoms with Crippen molar-refractivity contribution in [2.24, 2.45) is 11.8 Å². The van der Waals surface area contributed by atoms with Crippen LogP contribution in [-0.2, 0) is 9.53 Å². The molecule has 2 nitrogen and oxygen atoms in total. The third-order valence-electron chi connectivity index (χ3n) is 3.44. The molecule has 2 aliphatic carbocycles. The van der Waals surface area contributed by atoms with E-state index >= 15 is 0 Å². The molecule has 0 fully saturated rings. The van der Waals surface area contributed by atoms with Crippen molar-refractivity contribution < 1.29 is 9.53 Å². The number of allylic oxidation sites excluding steroid dienone is 4. The number of ether oxygens (including phenoxy) is 1. The van der Waals surface area contributed by atoms with Crippen LogP contribution < -0.4 is 0 Å². The first-order valence-corrected chi connectivity index (χ1v) is 6.33. The van der Waals surface area contributed by atoms with E-state index in [0.717, 1.165) is 38.5 Å². The van der Waals surface area contributed by atoms with Crippen LogP contribution in [0.1, 0.15) is 38.5 Å². The summed E-state index contributed by atoms with van der Waals surface area (Å²) in [7, 11) is 0. The van der Waals surface area contributed by atoms with E-state index < -0.39 is 0 Å². The molecule has 0 saturated heterocycles. The molecule has 0 aliphatic heterocycles. The third-order valence-corrected chi connectivity index (χ3v) is 3.44. The smallest absolute Gasteiger partial charge is 0.309 e. The second-order valence-electron chi connectivity index (χ2n) is 4.76. The van der Waals surface area contributed by atoms with Crippen molar-refractivity contribution in [1.29, 1.82) is 0 Å². The lowest BCUT2D eigenvalue weighted by Crippen LogP contribution is -2.22. The third kappa shape index (κ3) is 3.22. The number of hydrogen-bond acceptors (Lipinski definition) is 2. The SMILES string of the molecule is O=C(OC[C@@H]1CC=CCC1)[C@H]1CC=CCC1. The van der Waals surface area contributed by atoms with Gasteiger partial charge in [-0.05, 0) is 44.4 Å². The summed E-state index contributed by atoms with van der Waals surface area (Å²) in [5, 5.41) is 0. The number of carbonyl (C=O) groups excluding carboxylic acids is 1. The highest BCUT2D eigenvalue weighted by Gasteiger charge is 2.21. The van der Waals surface area contributed by atoms with Gasteiger partial charge in [0.2, 0.25) is 0 Å². The van der Waals surface area contributed by atoms with Crippen molar-refractivity contribution in [2.45, 2.75) is 38.5 Å². The molecule has 0 heterocycles. The Bertz CT molecular complexity index is 291. The molecule has 0 aromatic carbocycles. The molecule has 0 unspecified atom stereocenters. The van der Waals surface area contributed by atoms with Gasteiger partial charge in [-0.2, -0.15) is 0 Å². The number of hydrogen-bond donors (Lipinski definition) is 0. The second kappa shape index (κ2) is 5.88. The van der Waals surface area contributed by atoms with Crippen molar-refractivity contribution in [3.8, 4) is 0 Å². The van der Waals surface area contributed by atoms with E-state index in [1.54, 1.807) is 0 Å². The fourth-order valence-electron chi connectivity index (χ4n) is 2.33. The van der Waals surface area contributed by atoms with Crippen molar-refractivity contribution in [3.05, 3.63) is 24.3 Å². The van der Waals surface area contributed by atoms with E-state index in [-0.39, 0.29) is 11.9 Å². The molecule has 0 N–H and O–H groups in total. The maximum absolute atomic E-state index is 11.8. The average molecular weight is 220 g/mol. The zero-order chi connectivity index (χ0) is 11.2. The minimum Gasteiger partial charge on any atom is -0.465 e. The Morgan fingerprint density at radius 1 is 1.06 bits per heavy atom. The van der Waals surface area contributed by atoms with Crippen molar-refractivity contribution in [2.75, 3.05) is 6.61 Å². The van der Waals surface area contributed by atoms with Crippen LogP contribution in [0.25, 0.3) is 0 Å². The molecular weight excluding hydrogens is 200 g/mol. The fourth-order valence-corrected chi connectivity index (χ4v) is 2.33. The summed E-state index contributed by atoms with van der Waals surface area (Å²) in [5.74, 6) is 0.677. The van der Waals surface area contributed by atoms with E-state index in [1.807, 2.05) is 0 Å². The normalized spacial score (nSPS) is 29.0. The average Bonchev–Trinajstić information content (AvgIpc) is 2.38. The van der Waals surface area contributed by atoms with Gasteiger partial charge in [-0.15, -0.1) is 0 Å². The molecule has 2 rings (SSSR count). The molecule has 2 aliphatic rings. The fraction of sp³-hybridized carbons (Fsp3) is 0.643. The first-order chi connectivity index (χ1) is 7.86. The highest BCUT2D eigenvalue weighted by Crippen LogP contribution is 2.22. The quantitative estimate of drug-likeness (QED) is 0.539.